The molecule has 1 N–H and O–H groups in total. The molecule has 0 unspecified atom stereocenters. The van der Waals surface area contributed by atoms with Crippen molar-refractivity contribution in [2.24, 2.45) is 0 Å². The minimum atomic E-state index is -3.39. The van der Waals surface area contributed by atoms with Crippen LogP contribution in [0.15, 0.2) is 30.3 Å². The second-order valence-electron chi connectivity index (χ2n) is 6.83. The van der Waals surface area contributed by atoms with Gasteiger partial charge in [0.1, 0.15) is 0 Å². The van der Waals surface area contributed by atoms with E-state index < -0.39 is 10.0 Å². The summed E-state index contributed by atoms with van der Waals surface area (Å²) in [7, 11) is -3.39. The number of sulfonamides is 1. The number of aliphatic hydroxyl groups excluding tert-OH is 1. The summed E-state index contributed by atoms with van der Waals surface area (Å²) in [5, 5.41) is 9.83. The molecule has 7 heteroatoms. The molecule has 1 amide bonds. The van der Waals surface area contributed by atoms with Gasteiger partial charge in [-0.3, -0.25) is 4.79 Å². The van der Waals surface area contributed by atoms with Crippen LogP contribution < -0.4 is 0 Å². The lowest BCUT2D eigenvalue weighted by atomic mass is 9.74. The number of hydrogen-bond donors (Lipinski definition) is 1. The summed E-state index contributed by atoms with van der Waals surface area (Å²) in [5.74, 6) is -0.141. The molecule has 1 aliphatic rings. The molecule has 25 heavy (non-hydrogen) atoms. The number of amides is 1. The van der Waals surface area contributed by atoms with Gasteiger partial charge in [-0.2, -0.15) is 4.31 Å². The molecule has 1 saturated heterocycles. The van der Waals surface area contributed by atoms with Gasteiger partial charge >= 0.3 is 0 Å². The van der Waals surface area contributed by atoms with E-state index in [1.165, 1.54) is 10.6 Å². The SMILES string of the molecule is CCC(=O)N1[C@H](CN(C(C)C)S(C)(=O)=O)[C@H](c2ccccc2)[C@@H]1CO. The molecule has 0 radical (unpaired) electrons. The third-order valence-corrected chi connectivity index (χ3v) is 6.30. The second kappa shape index (κ2) is 7.85. The van der Waals surface area contributed by atoms with Gasteiger partial charge in [-0.15, -0.1) is 0 Å². The minimum absolute atomic E-state index is 0.0616. The third-order valence-electron chi connectivity index (χ3n) is 4.87. The Morgan fingerprint density at radius 1 is 1.24 bits per heavy atom. The highest BCUT2D eigenvalue weighted by molar-refractivity contribution is 7.88. The minimum Gasteiger partial charge on any atom is -0.394 e. The van der Waals surface area contributed by atoms with Gasteiger partial charge in [0.05, 0.1) is 24.9 Å². The van der Waals surface area contributed by atoms with Crippen LogP contribution in [0.4, 0.5) is 0 Å². The van der Waals surface area contributed by atoms with Gasteiger partial charge in [-0.1, -0.05) is 37.3 Å². The average molecular weight is 368 g/mol. The largest absolute Gasteiger partial charge is 0.394 e. The molecule has 1 aromatic rings. The number of rotatable bonds is 7. The number of benzene rings is 1. The fourth-order valence-electron chi connectivity index (χ4n) is 3.74. The number of carbonyl (C=O) groups is 1. The van der Waals surface area contributed by atoms with Crippen molar-refractivity contribution in [1.82, 2.24) is 9.21 Å². The number of carbonyl (C=O) groups excluding carboxylic acids is 1. The molecule has 1 aliphatic heterocycles. The highest BCUT2D eigenvalue weighted by atomic mass is 32.2. The molecule has 1 heterocycles. The Kier molecular flexibility index (Phi) is 6.24. The van der Waals surface area contributed by atoms with Crippen LogP contribution in [0.5, 0.6) is 0 Å². The molecule has 0 aliphatic carbocycles. The zero-order chi connectivity index (χ0) is 18.8. The first-order chi connectivity index (χ1) is 11.7. The van der Waals surface area contributed by atoms with Gasteiger partial charge in [0.2, 0.25) is 15.9 Å². The van der Waals surface area contributed by atoms with Crippen LogP contribution in [-0.4, -0.2) is 66.2 Å². The highest BCUT2D eigenvalue weighted by Crippen LogP contribution is 2.41. The quantitative estimate of drug-likeness (QED) is 0.790. The molecule has 0 aromatic heterocycles. The maximum absolute atomic E-state index is 12.4. The van der Waals surface area contributed by atoms with Crippen molar-refractivity contribution in [3.63, 3.8) is 0 Å². The Hall–Kier alpha value is -1.44. The van der Waals surface area contributed by atoms with Crippen molar-refractivity contribution in [2.75, 3.05) is 19.4 Å². The maximum Gasteiger partial charge on any atom is 0.222 e. The van der Waals surface area contributed by atoms with Crippen LogP contribution in [0.1, 0.15) is 38.7 Å². The zero-order valence-electron chi connectivity index (χ0n) is 15.3. The van der Waals surface area contributed by atoms with Crippen LogP contribution in [0, 0.1) is 0 Å². The number of likely N-dealkylation sites (tertiary alicyclic amines) is 1. The first-order valence-electron chi connectivity index (χ1n) is 8.66. The topological polar surface area (TPSA) is 77.9 Å². The van der Waals surface area contributed by atoms with E-state index in [2.05, 4.69) is 0 Å². The summed E-state index contributed by atoms with van der Waals surface area (Å²) < 4.78 is 25.8. The Bertz CT molecular complexity index is 690. The lowest BCUT2D eigenvalue weighted by molar-refractivity contribution is -0.151. The van der Waals surface area contributed by atoms with E-state index in [9.17, 15) is 18.3 Å². The molecular weight excluding hydrogens is 340 g/mol. The maximum atomic E-state index is 12.4. The molecule has 1 fully saturated rings. The monoisotopic (exact) mass is 368 g/mol. The molecule has 6 nitrogen and oxygen atoms in total. The molecule has 1 aromatic carbocycles. The van der Waals surface area contributed by atoms with Gasteiger partial charge in [-0.05, 0) is 19.4 Å². The smallest absolute Gasteiger partial charge is 0.222 e. The van der Waals surface area contributed by atoms with E-state index in [0.717, 1.165) is 5.56 Å². The highest BCUT2D eigenvalue weighted by Gasteiger charge is 2.51. The number of nitrogens with zero attached hydrogens (tertiary/aromatic N) is 2. The number of aliphatic hydroxyl groups is 1. The Labute approximate surface area is 150 Å². The standard InChI is InChI=1S/C18H28N2O4S/c1-5-17(22)20-15(11-19(13(2)3)25(4,23)24)18(16(20)12-21)14-9-7-6-8-10-14/h6-10,13,15-16,18,21H,5,11-12H2,1-4H3/t15-,16+,18+/m1/s1. The van der Waals surface area contributed by atoms with Gasteiger partial charge in [0.25, 0.3) is 0 Å². The van der Waals surface area contributed by atoms with E-state index in [1.54, 1.807) is 11.8 Å². The van der Waals surface area contributed by atoms with E-state index >= 15 is 0 Å². The van der Waals surface area contributed by atoms with Crippen LogP contribution >= 0.6 is 0 Å². The first-order valence-corrected chi connectivity index (χ1v) is 10.5. The molecule has 3 atom stereocenters. The van der Waals surface area contributed by atoms with Crippen molar-refractivity contribution in [1.29, 1.82) is 0 Å². The molecule has 2 rings (SSSR count). The van der Waals surface area contributed by atoms with Crippen LogP contribution in [0.3, 0.4) is 0 Å². The Morgan fingerprint density at radius 2 is 1.84 bits per heavy atom. The average Bonchev–Trinajstić information content (AvgIpc) is 2.53. The van der Waals surface area contributed by atoms with Gasteiger partial charge in [0, 0.05) is 24.9 Å². The summed E-state index contributed by atoms with van der Waals surface area (Å²) in [5.41, 5.74) is 1.02. The molecule has 0 spiro atoms. The third kappa shape index (κ3) is 4.04. The van der Waals surface area contributed by atoms with Crippen LogP contribution in [-0.2, 0) is 14.8 Å². The van der Waals surface area contributed by atoms with Crippen molar-refractivity contribution in [3.8, 4) is 0 Å². The molecule has 0 bridgehead atoms. The fourth-order valence-corrected chi connectivity index (χ4v) is 4.92. The summed E-state index contributed by atoms with van der Waals surface area (Å²) in [6.45, 7) is 5.53. The zero-order valence-corrected chi connectivity index (χ0v) is 16.1. The molecule has 140 valence electrons. The molecular formula is C18H28N2O4S. The summed E-state index contributed by atoms with van der Waals surface area (Å²) in [6.07, 6.45) is 1.52. The Morgan fingerprint density at radius 3 is 2.28 bits per heavy atom. The lowest BCUT2D eigenvalue weighted by Gasteiger charge is -2.56. The predicted molar refractivity (Wildman–Crippen MR) is 97.7 cm³/mol. The van der Waals surface area contributed by atoms with E-state index in [4.69, 9.17) is 0 Å². The van der Waals surface area contributed by atoms with E-state index in [-0.39, 0.29) is 43.1 Å². The molecule has 0 saturated carbocycles. The van der Waals surface area contributed by atoms with Gasteiger partial charge in [0.15, 0.2) is 0 Å². The summed E-state index contributed by atoms with van der Waals surface area (Å²) in [6, 6.07) is 8.90. The van der Waals surface area contributed by atoms with E-state index in [1.807, 2.05) is 44.2 Å². The normalized spacial score (nSPS) is 23.8. The van der Waals surface area contributed by atoms with E-state index in [0.29, 0.717) is 6.42 Å². The predicted octanol–water partition coefficient (Wildman–Crippen LogP) is 1.42. The summed E-state index contributed by atoms with van der Waals surface area (Å²) in [4.78, 5) is 14.1. The first kappa shape index (κ1) is 19.9. The Balaban J connectivity index is 2.38. The van der Waals surface area contributed by atoms with Crippen molar-refractivity contribution in [2.45, 2.75) is 51.2 Å². The van der Waals surface area contributed by atoms with Crippen molar-refractivity contribution in [3.05, 3.63) is 35.9 Å². The van der Waals surface area contributed by atoms with Crippen LogP contribution in [0.25, 0.3) is 0 Å². The van der Waals surface area contributed by atoms with Gasteiger partial charge < -0.3 is 10.0 Å². The fraction of sp³-hybridized carbons (Fsp3) is 0.611. The summed E-state index contributed by atoms with van der Waals surface area (Å²) >= 11 is 0. The second-order valence-corrected chi connectivity index (χ2v) is 8.77. The number of hydrogen-bond acceptors (Lipinski definition) is 4. The van der Waals surface area contributed by atoms with Crippen LogP contribution in [0.2, 0.25) is 0 Å². The van der Waals surface area contributed by atoms with Crippen molar-refractivity contribution >= 4 is 15.9 Å². The van der Waals surface area contributed by atoms with Gasteiger partial charge in [-0.25, -0.2) is 8.42 Å². The lowest BCUT2D eigenvalue weighted by Crippen LogP contribution is -2.69. The van der Waals surface area contributed by atoms with Crippen molar-refractivity contribution < 1.29 is 18.3 Å².